The molecule has 0 spiro atoms. The van der Waals surface area contributed by atoms with Crippen LogP contribution in [0.25, 0.3) is 5.53 Å². The summed E-state index contributed by atoms with van der Waals surface area (Å²) in [5, 5.41) is 0. The molecule has 0 aromatic rings. The average Bonchev–Trinajstić information content (AvgIpc) is 1.63. The molecule has 0 amide bonds. The van der Waals surface area contributed by atoms with E-state index in [0.29, 0.717) is 5.92 Å². The van der Waals surface area contributed by atoms with Crippen molar-refractivity contribution in [2.45, 2.75) is 0 Å². The normalized spacial score (nSPS) is 8.78. The second-order valence-corrected chi connectivity index (χ2v) is 1.45. The molecule has 0 saturated heterocycles. The van der Waals surface area contributed by atoms with Crippen LogP contribution in [0.4, 0.5) is 0 Å². The van der Waals surface area contributed by atoms with Gasteiger partial charge in [-0.1, -0.05) is 0 Å². The van der Waals surface area contributed by atoms with Gasteiger partial charge >= 0.3 is 6.21 Å². The first-order valence-electron chi connectivity index (χ1n) is 2.24. The predicted octanol–water partition coefficient (Wildman–Crippen LogP) is 0.303. The van der Waals surface area contributed by atoms with Crippen molar-refractivity contribution in [3.05, 3.63) is 31.7 Å². The van der Waals surface area contributed by atoms with Crippen molar-refractivity contribution in [3.63, 3.8) is 0 Å². The molecular weight excluding hydrogens is 116 g/mol. The zero-order valence-electron chi connectivity index (χ0n) is 4.87. The largest absolute Gasteiger partial charge is 0.361 e. The Morgan fingerprint density at radius 2 is 2.11 bits per heavy atom. The SMILES string of the molecule is [CH2][C]([CH2])[CH]C(=O)C=[N+]=[N-]. The summed E-state index contributed by atoms with van der Waals surface area (Å²) in [5.74, 6) is -0.0302. The first-order valence-corrected chi connectivity index (χ1v) is 2.24. The Hall–Kier alpha value is -0.950. The van der Waals surface area contributed by atoms with Crippen molar-refractivity contribution < 1.29 is 9.58 Å². The summed E-state index contributed by atoms with van der Waals surface area (Å²) in [4.78, 5) is 12.9. The number of hydrogen-bond acceptors (Lipinski definition) is 1. The molecule has 4 radical (unpaired) electrons. The molecule has 0 heterocycles. The first kappa shape index (κ1) is 8.05. The molecule has 3 nitrogen and oxygen atoms in total. The summed E-state index contributed by atoms with van der Waals surface area (Å²) >= 11 is 0. The third kappa shape index (κ3) is 4.91. The Morgan fingerprint density at radius 3 is 2.44 bits per heavy atom. The quantitative estimate of drug-likeness (QED) is 0.302. The van der Waals surface area contributed by atoms with Crippen LogP contribution >= 0.6 is 0 Å². The minimum Gasteiger partial charge on any atom is -0.361 e. The van der Waals surface area contributed by atoms with E-state index in [0.717, 1.165) is 6.21 Å². The van der Waals surface area contributed by atoms with Gasteiger partial charge in [0.05, 0.1) is 0 Å². The van der Waals surface area contributed by atoms with Gasteiger partial charge < -0.3 is 5.53 Å². The highest BCUT2D eigenvalue weighted by atomic mass is 16.1. The van der Waals surface area contributed by atoms with Crippen LogP contribution in [0.5, 0.6) is 0 Å². The van der Waals surface area contributed by atoms with Crippen molar-refractivity contribution in [1.82, 2.24) is 0 Å². The van der Waals surface area contributed by atoms with Crippen molar-refractivity contribution in [3.8, 4) is 0 Å². The molecule has 0 unspecified atom stereocenters. The average molecular weight is 122 g/mol. The van der Waals surface area contributed by atoms with Crippen molar-refractivity contribution in [2.24, 2.45) is 0 Å². The monoisotopic (exact) mass is 122 g/mol. The van der Waals surface area contributed by atoms with Crippen LogP contribution in [0.15, 0.2) is 0 Å². The van der Waals surface area contributed by atoms with E-state index in [4.69, 9.17) is 5.53 Å². The highest BCUT2D eigenvalue weighted by Gasteiger charge is 2.05. The van der Waals surface area contributed by atoms with Crippen molar-refractivity contribution in [1.29, 1.82) is 0 Å². The van der Waals surface area contributed by atoms with Crippen LogP contribution in [0.1, 0.15) is 0 Å². The van der Waals surface area contributed by atoms with E-state index >= 15 is 0 Å². The second-order valence-electron chi connectivity index (χ2n) is 1.45. The zero-order chi connectivity index (χ0) is 7.28. The Labute approximate surface area is 54.3 Å². The minimum absolute atomic E-state index is 0.389. The van der Waals surface area contributed by atoms with Gasteiger partial charge in [-0.05, 0) is 19.8 Å². The van der Waals surface area contributed by atoms with Crippen LogP contribution in [-0.2, 0) is 4.79 Å². The van der Waals surface area contributed by atoms with E-state index in [1.54, 1.807) is 0 Å². The van der Waals surface area contributed by atoms with Crippen LogP contribution in [0.2, 0.25) is 0 Å². The molecule has 0 aliphatic heterocycles. The van der Waals surface area contributed by atoms with Crippen LogP contribution in [0, 0.1) is 26.2 Å². The summed E-state index contributed by atoms with van der Waals surface area (Å²) < 4.78 is 0. The highest BCUT2D eigenvalue weighted by molar-refractivity contribution is 6.30. The van der Waals surface area contributed by atoms with Crippen LogP contribution < -0.4 is 0 Å². The number of ketones is 1. The lowest BCUT2D eigenvalue weighted by Gasteiger charge is -1.91. The van der Waals surface area contributed by atoms with Gasteiger partial charge in [0.25, 0.3) is 0 Å². The molecule has 0 saturated carbocycles. The molecule has 46 valence electrons. The number of rotatable bonds is 3. The third-order valence-electron chi connectivity index (χ3n) is 0.531. The van der Waals surface area contributed by atoms with Crippen molar-refractivity contribution in [2.75, 3.05) is 0 Å². The fourth-order valence-corrected chi connectivity index (χ4v) is 0.295. The minimum atomic E-state index is -0.419. The van der Waals surface area contributed by atoms with Gasteiger partial charge in [-0.25, -0.2) is 0 Å². The maximum atomic E-state index is 10.4. The second kappa shape index (κ2) is 3.98. The number of carbonyl (C=O) groups is 1. The predicted molar refractivity (Wildman–Crippen MR) is 32.9 cm³/mol. The smallest absolute Gasteiger partial charge is 0.323 e. The molecule has 0 aromatic heterocycles. The van der Waals surface area contributed by atoms with Gasteiger partial charge in [0.2, 0.25) is 5.78 Å². The van der Waals surface area contributed by atoms with Gasteiger partial charge in [-0.2, -0.15) is 4.79 Å². The molecule has 3 heteroatoms. The molecule has 0 rings (SSSR count). The maximum Gasteiger partial charge on any atom is 0.323 e. The molecular formula is C6H6N2O. The number of hydrogen-bond donors (Lipinski definition) is 0. The fourth-order valence-electron chi connectivity index (χ4n) is 0.295. The highest BCUT2D eigenvalue weighted by Crippen LogP contribution is 1.97. The van der Waals surface area contributed by atoms with Gasteiger partial charge in [0.15, 0.2) is 0 Å². The number of nitrogens with zero attached hydrogens (tertiary/aromatic N) is 2. The Bertz CT molecular complexity index is 145. The summed E-state index contributed by atoms with van der Waals surface area (Å²) in [5.41, 5.74) is 7.83. The molecule has 9 heavy (non-hydrogen) atoms. The van der Waals surface area contributed by atoms with Crippen LogP contribution in [-0.4, -0.2) is 16.8 Å². The lowest BCUT2D eigenvalue weighted by molar-refractivity contribution is -0.113. The lowest BCUT2D eigenvalue weighted by atomic mass is 10.1. The molecule has 0 aromatic carbocycles. The van der Waals surface area contributed by atoms with Gasteiger partial charge in [-0.15, -0.1) is 0 Å². The summed E-state index contributed by atoms with van der Waals surface area (Å²) in [6.45, 7) is 6.69. The Morgan fingerprint density at radius 1 is 1.56 bits per heavy atom. The summed E-state index contributed by atoms with van der Waals surface area (Å²) in [6.07, 6.45) is 1.94. The molecule has 0 fully saturated rings. The lowest BCUT2D eigenvalue weighted by Crippen LogP contribution is -2.04. The third-order valence-corrected chi connectivity index (χ3v) is 0.531. The Kier molecular flexibility index (Phi) is 3.56. The number of Topliss-reactive ketones (excluding diaryl/α,β-unsaturated/α-hetero) is 1. The van der Waals surface area contributed by atoms with E-state index in [9.17, 15) is 4.79 Å². The standard InChI is InChI=1S/C6H6N2O/c1-5(2)3-6(9)4-8-7/h3-4H,1-2H2. The summed E-state index contributed by atoms with van der Waals surface area (Å²) in [7, 11) is 0. The first-order chi connectivity index (χ1) is 4.16. The van der Waals surface area contributed by atoms with E-state index < -0.39 is 5.78 Å². The molecule has 0 N–H and O–H groups in total. The topological polar surface area (TPSA) is 53.5 Å². The molecule has 0 bridgehead atoms. The van der Waals surface area contributed by atoms with E-state index in [1.807, 2.05) is 0 Å². The molecule has 0 aliphatic carbocycles. The van der Waals surface area contributed by atoms with Gasteiger partial charge in [0.1, 0.15) is 0 Å². The van der Waals surface area contributed by atoms with E-state index in [2.05, 4.69) is 18.6 Å². The number of carbonyl (C=O) groups excluding carboxylic acids is 1. The van der Waals surface area contributed by atoms with Crippen molar-refractivity contribution >= 4 is 12.0 Å². The summed E-state index contributed by atoms with van der Waals surface area (Å²) in [6, 6.07) is 0. The van der Waals surface area contributed by atoms with E-state index in [1.165, 1.54) is 6.42 Å². The molecule has 0 atom stereocenters. The fraction of sp³-hybridized carbons (Fsp3) is 0. The molecule has 0 aliphatic rings. The maximum absolute atomic E-state index is 10.4. The van der Waals surface area contributed by atoms with E-state index in [-0.39, 0.29) is 0 Å². The Balaban J connectivity index is 3.64. The van der Waals surface area contributed by atoms with Gasteiger partial charge in [-0.3, -0.25) is 4.79 Å². The zero-order valence-corrected chi connectivity index (χ0v) is 4.87. The van der Waals surface area contributed by atoms with Crippen LogP contribution in [0.3, 0.4) is 0 Å². The van der Waals surface area contributed by atoms with Gasteiger partial charge in [0, 0.05) is 6.42 Å².